The van der Waals surface area contributed by atoms with Crippen molar-refractivity contribution in [2.24, 2.45) is 5.73 Å². The highest BCUT2D eigenvalue weighted by atomic mass is 16.1. The summed E-state index contributed by atoms with van der Waals surface area (Å²) in [5.74, 6) is 0.0981. The van der Waals surface area contributed by atoms with Gasteiger partial charge in [0.25, 0.3) is 0 Å². The van der Waals surface area contributed by atoms with Crippen LogP contribution in [0.2, 0.25) is 0 Å². The third kappa shape index (κ3) is 15.6. The molecule has 92 valence electrons. The van der Waals surface area contributed by atoms with Crippen LogP contribution in [-0.4, -0.2) is 39.8 Å². The molecule has 0 bridgehead atoms. The monoisotopic (exact) mass is 227 g/mol. The van der Waals surface area contributed by atoms with Crippen molar-refractivity contribution in [1.29, 1.82) is 0 Å². The first-order chi connectivity index (χ1) is 7.66. The molecule has 2 radical (unpaired) electrons. The minimum absolute atomic E-state index is 0.00303. The van der Waals surface area contributed by atoms with Crippen LogP contribution in [0.1, 0.15) is 32.6 Å². The first kappa shape index (κ1) is 17.5. The second kappa shape index (κ2) is 14.1. The minimum Gasteiger partial charge on any atom is -0.366 e. The van der Waals surface area contributed by atoms with Gasteiger partial charge in [0, 0.05) is 19.4 Å². The van der Waals surface area contributed by atoms with E-state index in [9.17, 15) is 9.59 Å². The Labute approximate surface area is 99.0 Å². The zero-order valence-electron chi connectivity index (χ0n) is 10.2. The summed E-state index contributed by atoms with van der Waals surface area (Å²) in [4.78, 5) is 21.7. The van der Waals surface area contributed by atoms with Crippen LogP contribution in [0.25, 0.3) is 0 Å². The molecule has 0 aliphatic rings. The molecule has 4 N–H and O–H groups in total. The van der Waals surface area contributed by atoms with Gasteiger partial charge in [-0.05, 0) is 33.4 Å². The number of hydrogen-bond donors (Lipinski definition) is 3. The number of carbonyl (C=O) groups is 2. The van der Waals surface area contributed by atoms with Crippen molar-refractivity contribution in [2.45, 2.75) is 32.6 Å². The van der Waals surface area contributed by atoms with Gasteiger partial charge >= 0.3 is 0 Å². The first-order valence-electron chi connectivity index (χ1n) is 5.44. The molecule has 16 heavy (non-hydrogen) atoms. The number of Topliss-reactive ketones (excluding diaryl/α,β-unsaturated/α-hetero) is 1. The van der Waals surface area contributed by atoms with E-state index in [-0.39, 0.29) is 11.7 Å². The standard InChI is InChI=1S/C9H17BN2O2.CH5N/c1-8(13)5-7-11-9(14)4-2-3-6-12-10;1-2/h12H,2-7H2,1H3,(H,11,14);2H2,1H3. The Morgan fingerprint density at radius 1 is 1.12 bits per heavy atom. The van der Waals surface area contributed by atoms with Crippen LogP contribution in [0.4, 0.5) is 0 Å². The van der Waals surface area contributed by atoms with Gasteiger partial charge in [0.05, 0.1) is 0 Å². The topological polar surface area (TPSA) is 84.2 Å². The summed E-state index contributed by atoms with van der Waals surface area (Å²) in [5, 5.41) is 5.20. The summed E-state index contributed by atoms with van der Waals surface area (Å²) in [6.07, 6.45) is 2.61. The van der Waals surface area contributed by atoms with Crippen LogP contribution in [-0.2, 0) is 9.59 Å². The van der Waals surface area contributed by atoms with Crippen LogP contribution >= 0.6 is 0 Å². The molecule has 0 rings (SSSR count). The van der Waals surface area contributed by atoms with Gasteiger partial charge in [-0.15, -0.1) is 0 Å². The van der Waals surface area contributed by atoms with Crippen molar-refractivity contribution in [3.8, 4) is 0 Å². The fourth-order valence-electron chi connectivity index (χ4n) is 0.979. The molecule has 5 nitrogen and oxygen atoms in total. The number of amides is 1. The van der Waals surface area contributed by atoms with Gasteiger partial charge in [0.2, 0.25) is 5.91 Å². The Kier molecular flexibility index (Phi) is 15.5. The second-order valence-electron chi connectivity index (χ2n) is 3.21. The second-order valence-corrected chi connectivity index (χ2v) is 3.21. The van der Waals surface area contributed by atoms with Gasteiger partial charge < -0.3 is 16.3 Å². The molecule has 6 heteroatoms. The largest absolute Gasteiger partial charge is 0.366 e. The fraction of sp³-hybridized carbons (Fsp3) is 0.800. The van der Waals surface area contributed by atoms with Crippen LogP contribution in [0, 0.1) is 0 Å². The van der Waals surface area contributed by atoms with E-state index < -0.39 is 0 Å². The van der Waals surface area contributed by atoms with E-state index in [0.717, 1.165) is 19.4 Å². The van der Waals surface area contributed by atoms with Crippen LogP contribution < -0.4 is 16.3 Å². The number of carbonyl (C=O) groups excluding carboxylic acids is 2. The molecule has 0 aromatic rings. The number of nitrogens with two attached hydrogens (primary N) is 1. The fourth-order valence-corrected chi connectivity index (χ4v) is 0.979. The van der Waals surface area contributed by atoms with E-state index in [1.165, 1.54) is 14.0 Å². The van der Waals surface area contributed by atoms with Gasteiger partial charge in [-0.2, -0.15) is 0 Å². The lowest BCUT2D eigenvalue weighted by Crippen LogP contribution is -2.25. The normalized spacial score (nSPS) is 8.94. The van der Waals surface area contributed by atoms with Gasteiger partial charge in [-0.25, -0.2) is 0 Å². The van der Waals surface area contributed by atoms with Crippen molar-refractivity contribution in [1.82, 2.24) is 10.5 Å². The Balaban J connectivity index is 0. The highest BCUT2D eigenvalue weighted by Gasteiger charge is 2.00. The Bertz CT molecular complexity index is 189. The van der Waals surface area contributed by atoms with Crippen LogP contribution in [0.5, 0.6) is 0 Å². The summed E-state index contributed by atoms with van der Waals surface area (Å²) in [5.41, 5.74) is 4.50. The van der Waals surface area contributed by atoms with Crippen molar-refractivity contribution in [3.05, 3.63) is 0 Å². The summed E-state index contributed by atoms with van der Waals surface area (Å²) in [6, 6.07) is 0. The predicted octanol–water partition coefficient (Wildman–Crippen LogP) is -0.500. The molecule has 0 aromatic heterocycles. The molecule has 0 aliphatic carbocycles. The molecular weight excluding hydrogens is 205 g/mol. The highest BCUT2D eigenvalue weighted by molar-refractivity contribution is 6.04. The molecule has 0 saturated heterocycles. The highest BCUT2D eigenvalue weighted by Crippen LogP contribution is 1.93. The average molecular weight is 227 g/mol. The maximum atomic E-state index is 11.1. The first-order valence-corrected chi connectivity index (χ1v) is 5.44. The number of ketones is 1. The zero-order valence-corrected chi connectivity index (χ0v) is 10.2. The molecular formula is C10H22BN3O2. The van der Waals surface area contributed by atoms with E-state index in [1.54, 1.807) is 0 Å². The maximum absolute atomic E-state index is 11.1. The molecule has 0 fully saturated rings. The van der Waals surface area contributed by atoms with E-state index >= 15 is 0 Å². The Hall–Kier alpha value is -0.875. The minimum atomic E-state index is 0.00303. The van der Waals surface area contributed by atoms with Gasteiger partial charge in [0.1, 0.15) is 5.78 Å². The van der Waals surface area contributed by atoms with Crippen molar-refractivity contribution in [3.63, 3.8) is 0 Å². The smallest absolute Gasteiger partial charge is 0.220 e. The summed E-state index contributed by atoms with van der Waals surface area (Å²) in [7, 11) is 6.57. The SMILES string of the molecule is CN.[B]NCCCCC(=O)NCCC(C)=O. The van der Waals surface area contributed by atoms with Gasteiger partial charge in [0.15, 0.2) is 7.98 Å². The Morgan fingerprint density at radius 3 is 2.25 bits per heavy atom. The third-order valence-electron chi connectivity index (χ3n) is 1.77. The lowest BCUT2D eigenvalue weighted by atomic mass is 10.2. The summed E-state index contributed by atoms with van der Waals surface area (Å²) >= 11 is 0. The Morgan fingerprint density at radius 2 is 1.75 bits per heavy atom. The van der Waals surface area contributed by atoms with E-state index in [2.05, 4.69) is 16.3 Å². The molecule has 0 aliphatic heterocycles. The van der Waals surface area contributed by atoms with E-state index in [1.807, 2.05) is 0 Å². The van der Waals surface area contributed by atoms with Gasteiger partial charge in [-0.3, -0.25) is 9.59 Å². The average Bonchev–Trinajstić information content (AvgIpc) is 2.27. The van der Waals surface area contributed by atoms with Crippen molar-refractivity contribution in [2.75, 3.05) is 20.1 Å². The molecule has 0 unspecified atom stereocenters. The lowest BCUT2D eigenvalue weighted by Gasteiger charge is -2.03. The van der Waals surface area contributed by atoms with Crippen LogP contribution in [0.3, 0.4) is 0 Å². The quantitative estimate of drug-likeness (QED) is 0.385. The predicted molar refractivity (Wildman–Crippen MR) is 66.0 cm³/mol. The van der Waals surface area contributed by atoms with Crippen molar-refractivity contribution >= 4 is 19.7 Å². The maximum Gasteiger partial charge on any atom is 0.220 e. The lowest BCUT2D eigenvalue weighted by molar-refractivity contribution is -0.121. The van der Waals surface area contributed by atoms with E-state index in [4.69, 9.17) is 7.98 Å². The van der Waals surface area contributed by atoms with Gasteiger partial charge in [-0.1, -0.05) is 0 Å². The molecule has 0 aromatic carbocycles. The number of nitrogens with one attached hydrogen (secondary N) is 2. The molecule has 0 spiro atoms. The molecule has 0 saturated carbocycles. The van der Waals surface area contributed by atoms with Crippen LogP contribution in [0.15, 0.2) is 0 Å². The third-order valence-corrected chi connectivity index (χ3v) is 1.77. The zero-order chi connectivity index (χ0) is 12.8. The molecule has 0 heterocycles. The number of rotatable bonds is 8. The summed E-state index contributed by atoms with van der Waals surface area (Å²) in [6.45, 7) is 2.68. The number of unbranched alkanes of at least 4 members (excludes halogenated alkanes) is 1. The number of hydrogen-bond acceptors (Lipinski definition) is 4. The van der Waals surface area contributed by atoms with Crippen molar-refractivity contribution < 1.29 is 9.59 Å². The summed E-state index contributed by atoms with van der Waals surface area (Å²) < 4.78 is 0. The molecule has 0 atom stereocenters. The van der Waals surface area contributed by atoms with E-state index in [0.29, 0.717) is 19.4 Å². The molecule has 1 amide bonds.